The first-order chi connectivity index (χ1) is 11.4. The van der Waals surface area contributed by atoms with Gasteiger partial charge >= 0.3 is 5.97 Å². The molecular formula is C17H16N2O4S. The Morgan fingerprint density at radius 1 is 1.21 bits per heavy atom. The van der Waals surface area contributed by atoms with Gasteiger partial charge in [0.15, 0.2) is 5.65 Å². The van der Waals surface area contributed by atoms with Gasteiger partial charge in [-0.25, -0.2) is 17.4 Å². The van der Waals surface area contributed by atoms with Gasteiger partial charge in [-0.3, -0.25) is 4.79 Å². The van der Waals surface area contributed by atoms with Gasteiger partial charge < -0.3 is 4.74 Å². The Balaban J connectivity index is 2.19. The predicted octanol–water partition coefficient (Wildman–Crippen LogP) is 2.30. The minimum Gasteiger partial charge on any atom is -0.469 e. The highest BCUT2D eigenvalue weighted by molar-refractivity contribution is 7.90. The smallest absolute Gasteiger partial charge is 0.310 e. The average molecular weight is 344 g/mol. The summed E-state index contributed by atoms with van der Waals surface area (Å²) in [5.41, 5.74) is 1.81. The van der Waals surface area contributed by atoms with Crippen LogP contribution in [0.2, 0.25) is 0 Å². The summed E-state index contributed by atoms with van der Waals surface area (Å²) in [6, 6.07) is 10.0. The fourth-order valence-corrected chi connectivity index (χ4v) is 3.82. The zero-order valence-corrected chi connectivity index (χ0v) is 14.1. The van der Waals surface area contributed by atoms with Crippen LogP contribution in [-0.4, -0.2) is 30.5 Å². The fraction of sp³-hybridized carbons (Fsp3) is 0.176. The summed E-state index contributed by atoms with van der Waals surface area (Å²) in [5, 5.41) is 0.610. The molecule has 7 heteroatoms. The number of carbonyl (C=O) groups is 1. The lowest BCUT2D eigenvalue weighted by Crippen LogP contribution is -2.12. The normalized spacial score (nSPS) is 11.6. The number of rotatable bonds is 4. The number of pyridine rings is 1. The summed E-state index contributed by atoms with van der Waals surface area (Å²) in [7, 11) is -2.51. The number of hydrogen-bond donors (Lipinski definition) is 0. The van der Waals surface area contributed by atoms with E-state index in [1.54, 1.807) is 36.4 Å². The summed E-state index contributed by atoms with van der Waals surface area (Å²) in [6.45, 7) is 1.89. The van der Waals surface area contributed by atoms with Gasteiger partial charge in [-0.15, -0.1) is 0 Å². The van der Waals surface area contributed by atoms with Crippen LogP contribution >= 0.6 is 0 Å². The monoisotopic (exact) mass is 344 g/mol. The Morgan fingerprint density at radius 2 is 1.92 bits per heavy atom. The number of aryl methyl sites for hydroxylation is 1. The molecule has 2 aromatic heterocycles. The van der Waals surface area contributed by atoms with Crippen LogP contribution in [-0.2, 0) is 26.0 Å². The lowest BCUT2D eigenvalue weighted by molar-refractivity contribution is -0.139. The maximum Gasteiger partial charge on any atom is 0.310 e. The number of methoxy groups -OCH3 is 1. The second-order valence-electron chi connectivity index (χ2n) is 5.40. The molecule has 2 heterocycles. The average Bonchev–Trinajstić information content (AvgIpc) is 2.95. The van der Waals surface area contributed by atoms with Gasteiger partial charge in [-0.05, 0) is 36.8 Å². The molecule has 0 atom stereocenters. The van der Waals surface area contributed by atoms with Crippen molar-refractivity contribution < 1.29 is 17.9 Å². The topological polar surface area (TPSA) is 78.3 Å². The Kier molecular flexibility index (Phi) is 4.11. The number of benzene rings is 1. The molecule has 0 amide bonds. The van der Waals surface area contributed by atoms with Crippen molar-refractivity contribution in [2.45, 2.75) is 18.2 Å². The number of carbonyl (C=O) groups excluding carboxylic acids is 1. The lowest BCUT2D eigenvalue weighted by atomic mass is 10.1. The highest BCUT2D eigenvalue weighted by atomic mass is 32.2. The van der Waals surface area contributed by atoms with Gasteiger partial charge in [-0.2, -0.15) is 0 Å². The molecule has 0 N–H and O–H groups in total. The largest absolute Gasteiger partial charge is 0.469 e. The van der Waals surface area contributed by atoms with Crippen LogP contribution in [0.15, 0.2) is 53.7 Å². The van der Waals surface area contributed by atoms with Gasteiger partial charge in [0, 0.05) is 17.8 Å². The van der Waals surface area contributed by atoms with E-state index in [0.29, 0.717) is 10.9 Å². The Bertz CT molecular complexity index is 1000. The molecule has 3 rings (SSSR count). The van der Waals surface area contributed by atoms with Crippen LogP contribution in [0.25, 0.3) is 11.0 Å². The SMILES string of the molecule is COC(=O)Cc1cn(S(=O)(=O)c2ccc(C)cc2)c2ncccc12. The van der Waals surface area contributed by atoms with E-state index in [9.17, 15) is 13.2 Å². The van der Waals surface area contributed by atoms with Crippen molar-refractivity contribution in [2.24, 2.45) is 0 Å². The molecule has 0 aliphatic heterocycles. The predicted molar refractivity (Wildman–Crippen MR) is 89.2 cm³/mol. The third-order valence-electron chi connectivity index (χ3n) is 3.75. The molecule has 0 bridgehead atoms. The van der Waals surface area contributed by atoms with E-state index in [0.717, 1.165) is 9.54 Å². The van der Waals surface area contributed by atoms with Gasteiger partial charge in [0.1, 0.15) is 0 Å². The van der Waals surface area contributed by atoms with E-state index >= 15 is 0 Å². The van der Waals surface area contributed by atoms with E-state index in [-0.39, 0.29) is 17.0 Å². The van der Waals surface area contributed by atoms with Crippen LogP contribution in [0.1, 0.15) is 11.1 Å². The number of hydrogen-bond acceptors (Lipinski definition) is 5. The maximum absolute atomic E-state index is 12.9. The van der Waals surface area contributed by atoms with E-state index in [1.807, 2.05) is 6.92 Å². The number of nitrogens with zero attached hydrogens (tertiary/aromatic N) is 2. The number of aromatic nitrogens is 2. The Hall–Kier alpha value is -2.67. The molecule has 0 saturated carbocycles. The van der Waals surface area contributed by atoms with E-state index in [2.05, 4.69) is 9.72 Å². The Morgan fingerprint density at radius 3 is 2.58 bits per heavy atom. The fourth-order valence-electron chi connectivity index (χ4n) is 2.47. The highest BCUT2D eigenvalue weighted by Crippen LogP contribution is 2.25. The van der Waals surface area contributed by atoms with Crippen molar-refractivity contribution in [3.05, 3.63) is 59.9 Å². The first-order valence-corrected chi connectivity index (χ1v) is 8.71. The zero-order chi connectivity index (χ0) is 17.3. The molecule has 1 aromatic carbocycles. The highest BCUT2D eigenvalue weighted by Gasteiger charge is 2.22. The van der Waals surface area contributed by atoms with E-state index < -0.39 is 16.0 Å². The van der Waals surface area contributed by atoms with Crippen LogP contribution in [0.3, 0.4) is 0 Å². The zero-order valence-electron chi connectivity index (χ0n) is 13.3. The summed E-state index contributed by atoms with van der Waals surface area (Å²) in [4.78, 5) is 15.9. The molecule has 24 heavy (non-hydrogen) atoms. The first kappa shape index (κ1) is 16.2. The van der Waals surface area contributed by atoms with Gasteiger partial charge in [0.25, 0.3) is 10.0 Å². The van der Waals surface area contributed by atoms with Crippen molar-refractivity contribution in [1.82, 2.24) is 8.96 Å². The second-order valence-corrected chi connectivity index (χ2v) is 7.21. The first-order valence-electron chi connectivity index (χ1n) is 7.27. The summed E-state index contributed by atoms with van der Waals surface area (Å²) >= 11 is 0. The van der Waals surface area contributed by atoms with Gasteiger partial charge in [-0.1, -0.05) is 17.7 Å². The molecule has 0 radical (unpaired) electrons. The molecule has 0 saturated heterocycles. The van der Waals surface area contributed by atoms with Crippen LogP contribution in [0, 0.1) is 6.92 Å². The molecule has 0 aliphatic rings. The third kappa shape index (κ3) is 2.78. The van der Waals surface area contributed by atoms with Crippen molar-refractivity contribution in [3.8, 4) is 0 Å². The van der Waals surface area contributed by atoms with Crippen molar-refractivity contribution in [3.63, 3.8) is 0 Å². The van der Waals surface area contributed by atoms with E-state index in [1.165, 1.54) is 19.5 Å². The molecule has 0 fully saturated rings. The van der Waals surface area contributed by atoms with Crippen molar-refractivity contribution in [1.29, 1.82) is 0 Å². The number of fused-ring (bicyclic) bond motifs is 1. The van der Waals surface area contributed by atoms with Crippen molar-refractivity contribution in [2.75, 3.05) is 7.11 Å². The molecule has 0 spiro atoms. The van der Waals surface area contributed by atoms with Gasteiger partial charge in [0.05, 0.1) is 18.4 Å². The third-order valence-corrected chi connectivity index (χ3v) is 5.42. The summed E-state index contributed by atoms with van der Waals surface area (Å²) in [6.07, 6.45) is 2.93. The van der Waals surface area contributed by atoms with Crippen LogP contribution in [0.4, 0.5) is 0 Å². The molecule has 124 valence electrons. The molecule has 0 unspecified atom stereocenters. The second kappa shape index (κ2) is 6.09. The maximum atomic E-state index is 12.9. The van der Waals surface area contributed by atoms with Crippen LogP contribution in [0.5, 0.6) is 0 Å². The number of esters is 1. The van der Waals surface area contributed by atoms with Crippen LogP contribution < -0.4 is 0 Å². The van der Waals surface area contributed by atoms with Crippen molar-refractivity contribution >= 4 is 27.0 Å². The minimum absolute atomic E-state index is 0.0187. The minimum atomic E-state index is -3.80. The summed E-state index contributed by atoms with van der Waals surface area (Å²) in [5.74, 6) is -0.439. The summed E-state index contributed by atoms with van der Waals surface area (Å²) < 4.78 is 31.7. The molecule has 0 aliphatic carbocycles. The van der Waals surface area contributed by atoms with E-state index in [4.69, 9.17) is 0 Å². The molecular weight excluding hydrogens is 328 g/mol. The van der Waals surface area contributed by atoms with Gasteiger partial charge in [0.2, 0.25) is 0 Å². The standard InChI is InChI=1S/C17H16N2O4S/c1-12-5-7-14(8-6-12)24(21,22)19-11-13(10-16(20)23-2)15-4-3-9-18-17(15)19/h3-9,11H,10H2,1-2H3. The Labute approximate surface area is 139 Å². The molecule has 6 nitrogen and oxygen atoms in total. The molecule has 3 aromatic rings. The quantitative estimate of drug-likeness (QED) is 0.679. The lowest BCUT2D eigenvalue weighted by Gasteiger charge is -2.07. The number of ether oxygens (including phenoxy) is 1.